The molecule has 1 rings (SSSR count). The molecule has 1 saturated heterocycles. The molecule has 1 aliphatic rings. The maximum atomic E-state index is 5.46. The van der Waals surface area contributed by atoms with E-state index >= 15 is 0 Å². The van der Waals surface area contributed by atoms with Gasteiger partial charge < -0.3 is 15.4 Å². The van der Waals surface area contributed by atoms with Crippen LogP contribution in [-0.4, -0.2) is 62.3 Å². The molecule has 0 bridgehead atoms. The zero-order chi connectivity index (χ0) is 15.7. The quantitative estimate of drug-likeness (QED) is 0.373. The molecule has 1 heterocycles. The van der Waals surface area contributed by atoms with E-state index < -0.39 is 0 Å². The van der Waals surface area contributed by atoms with Gasteiger partial charge in [0.2, 0.25) is 0 Å². The number of nitrogens with zero attached hydrogens (tertiary/aromatic N) is 2. The second kappa shape index (κ2) is 12.4. The number of aliphatic imine (C=N–C) groups is 1. The molecular weight excluding hydrogens is 391 g/mol. The van der Waals surface area contributed by atoms with Crippen molar-refractivity contribution < 1.29 is 4.74 Å². The van der Waals surface area contributed by atoms with Gasteiger partial charge in [-0.25, -0.2) is 0 Å². The Morgan fingerprint density at radius 2 is 1.82 bits per heavy atom. The second-order valence-electron chi connectivity index (χ2n) is 6.13. The van der Waals surface area contributed by atoms with Crippen molar-refractivity contribution in [2.24, 2.45) is 10.9 Å². The third kappa shape index (κ3) is 7.97. The number of nitrogens with one attached hydrogen (secondary N) is 2. The molecule has 6 heteroatoms. The molecule has 2 unspecified atom stereocenters. The van der Waals surface area contributed by atoms with Gasteiger partial charge in [0.15, 0.2) is 5.96 Å². The van der Waals surface area contributed by atoms with Gasteiger partial charge in [-0.05, 0) is 26.2 Å². The Hall–Kier alpha value is -0.0800. The maximum Gasteiger partial charge on any atom is 0.191 e. The monoisotopic (exact) mass is 426 g/mol. The van der Waals surface area contributed by atoms with Crippen LogP contribution in [0.5, 0.6) is 0 Å². The molecule has 1 aliphatic heterocycles. The van der Waals surface area contributed by atoms with E-state index in [1.165, 1.54) is 0 Å². The first-order valence-corrected chi connectivity index (χ1v) is 8.45. The zero-order valence-corrected chi connectivity index (χ0v) is 17.2. The van der Waals surface area contributed by atoms with E-state index in [4.69, 9.17) is 9.73 Å². The highest BCUT2D eigenvalue weighted by Crippen LogP contribution is 2.13. The summed E-state index contributed by atoms with van der Waals surface area (Å²) in [4.78, 5) is 7.33. The van der Waals surface area contributed by atoms with E-state index in [0.29, 0.717) is 18.0 Å². The lowest BCUT2D eigenvalue weighted by atomic mass is 10.0. The van der Waals surface area contributed by atoms with Gasteiger partial charge in [-0.1, -0.05) is 20.8 Å². The molecule has 0 aliphatic carbocycles. The normalized spacial score (nSPS) is 19.5. The molecule has 0 aromatic rings. The van der Waals surface area contributed by atoms with Crippen LogP contribution in [0, 0.1) is 5.92 Å². The number of hydrogen-bond acceptors (Lipinski definition) is 3. The minimum absolute atomic E-state index is 0. The fraction of sp³-hybridized carbons (Fsp3) is 0.938. The van der Waals surface area contributed by atoms with Gasteiger partial charge in [0.1, 0.15) is 0 Å². The molecule has 0 spiro atoms. The Balaban J connectivity index is 0.00000441. The third-order valence-electron chi connectivity index (χ3n) is 4.06. The third-order valence-corrected chi connectivity index (χ3v) is 4.06. The van der Waals surface area contributed by atoms with Gasteiger partial charge in [-0.15, -0.1) is 24.0 Å². The first-order chi connectivity index (χ1) is 10.1. The highest BCUT2D eigenvalue weighted by atomic mass is 127. The van der Waals surface area contributed by atoms with E-state index in [0.717, 1.165) is 51.8 Å². The average molecular weight is 426 g/mol. The standard InChI is InChI=1S/C16H34N4O.HI/c1-6-14(5)19-16(17-7-2)18-12-15(13(3)4)20-8-10-21-11-9-20;/h13-15H,6-12H2,1-5H3,(H2,17,18,19);1H. The topological polar surface area (TPSA) is 48.9 Å². The summed E-state index contributed by atoms with van der Waals surface area (Å²) in [6.45, 7) is 16.5. The SMILES string of the molecule is CCNC(=NCC(C(C)C)N1CCOCC1)NC(C)CC.I. The lowest BCUT2D eigenvalue weighted by Crippen LogP contribution is -2.48. The van der Waals surface area contributed by atoms with Crippen LogP contribution in [0.15, 0.2) is 4.99 Å². The van der Waals surface area contributed by atoms with Crippen LogP contribution in [-0.2, 0) is 4.74 Å². The van der Waals surface area contributed by atoms with Gasteiger partial charge in [0.05, 0.1) is 19.8 Å². The van der Waals surface area contributed by atoms with Gasteiger partial charge in [-0.2, -0.15) is 0 Å². The van der Waals surface area contributed by atoms with E-state index in [2.05, 4.69) is 50.2 Å². The van der Waals surface area contributed by atoms with Crippen LogP contribution in [0.2, 0.25) is 0 Å². The molecule has 0 aromatic heterocycles. The smallest absolute Gasteiger partial charge is 0.191 e. The Morgan fingerprint density at radius 3 is 2.32 bits per heavy atom. The summed E-state index contributed by atoms with van der Waals surface area (Å²) in [5.74, 6) is 1.53. The van der Waals surface area contributed by atoms with Crippen LogP contribution in [0.3, 0.4) is 0 Å². The molecule has 0 amide bonds. The summed E-state index contributed by atoms with van der Waals surface area (Å²) in [5.41, 5.74) is 0. The number of rotatable bonds is 7. The minimum Gasteiger partial charge on any atom is -0.379 e. The number of hydrogen-bond donors (Lipinski definition) is 2. The van der Waals surface area contributed by atoms with Crippen molar-refractivity contribution >= 4 is 29.9 Å². The van der Waals surface area contributed by atoms with Crippen molar-refractivity contribution in [1.29, 1.82) is 0 Å². The molecular formula is C16H35IN4O. The number of morpholine rings is 1. The summed E-state index contributed by atoms with van der Waals surface area (Å²) in [6.07, 6.45) is 1.10. The Kier molecular flexibility index (Phi) is 12.3. The summed E-state index contributed by atoms with van der Waals surface area (Å²) < 4.78 is 5.46. The van der Waals surface area contributed by atoms with Crippen LogP contribution in [0.4, 0.5) is 0 Å². The van der Waals surface area contributed by atoms with Gasteiger partial charge in [0, 0.05) is 31.7 Å². The lowest BCUT2D eigenvalue weighted by molar-refractivity contribution is 0.00867. The van der Waals surface area contributed by atoms with Crippen molar-refractivity contribution in [3.63, 3.8) is 0 Å². The highest BCUT2D eigenvalue weighted by Gasteiger charge is 2.23. The minimum atomic E-state index is 0. The fourth-order valence-corrected chi connectivity index (χ4v) is 2.50. The Bertz CT molecular complexity index is 307. The lowest BCUT2D eigenvalue weighted by Gasteiger charge is -2.36. The van der Waals surface area contributed by atoms with Crippen LogP contribution in [0.25, 0.3) is 0 Å². The number of ether oxygens (including phenoxy) is 1. The second-order valence-corrected chi connectivity index (χ2v) is 6.13. The summed E-state index contributed by atoms with van der Waals surface area (Å²) in [7, 11) is 0. The van der Waals surface area contributed by atoms with Gasteiger partial charge >= 0.3 is 0 Å². The summed E-state index contributed by atoms with van der Waals surface area (Å²) in [6, 6.07) is 0.935. The van der Waals surface area contributed by atoms with Crippen molar-refractivity contribution in [2.75, 3.05) is 39.4 Å². The Labute approximate surface area is 153 Å². The van der Waals surface area contributed by atoms with Gasteiger partial charge in [-0.3, -0.25) is 9.89 Å². The highest BCUT2D eigenvalue weighted by molar-refractivity contribution is 14.0. The molecule has 132 valence electrons. The van der Waals surface area contributed by atoms with Crippen molar-refractivity contribution in [2.45, 2.75) is 53.1 Å². The largest absolute Gasteiger partial charge is 0.379 e. The zero-order valence-electron chi connectivity index (χ0n) is 14.9. The maximum absolute atomic E-state index is 5.46. The molecule has 22 heavy (non-hydrogen) atoms. The Morgan fingerprint density at radius 1 is 1.18 bits per heavy atom. The van der Waals surface area contributed by atoms with E-state index in [1.54, 1.807) is 0 Å². The van der Waals surface area contributed by atoms with E-state index in [9.17, 15) is 0 Å². The molecule has 0 saturated carbocycles. The molecule has 1 fully saturated rings. The van der Waals surface area contributed by atoms with Crippen LogP contribution < -0.4 is 10.6 Å². The molecule has 2 atom stereocenters. The van der Waals surface area contributed by atoms with Crippen molar-refractivity contribution in [3.05, 3.63) is 0 Å². The predicted molar refractivity (Wildman–Crippen MR) is 105 cm³/mol. The molecule has 2 N–H and O–H groups in total. The molecule has 0 aromatic carbocycles. The van der Waals surface area contributed by atoms with E-state index in [-0.39, 0.29) is 24.0 Å². The van der Waals surface area contributed by atoms with E-state index in [1.807, 2.05) is 0 Å². The first kappa shape index (κ1) is 21.9. The van der Waals surface area contributed by atoms with Crippen LogP contribution >= 0.6 is 24.0 Å². The van der Waals surface area contributed by atoms with Gasteiger partial charge in [0.25, 0.3) is 0 Å². The van der Waals surface area contributed by atoms with Crippen molar-refractivity contribution in [1.82, 2.24) is 15.5 Å². The average Bonchev–Trinajstić information content (AvgIpc) is 2.48. The summed E-state index contributed by atoms with van der Waals surface area (Å²) >= 11 is 0. The van der Waals surface area contributed by atoms with Crippen molar-refractivity contribution in [3.8, 4) is 0 Å². The summed E-state index contributed by atoms with van der Waals surface area (Å²) in [5, 5.41) is 6.80. The first-order valence-electron chi connectivity index (χ1n) is 8.45. The van der Waals surface area contributed by atoms with Crippen LogP contribution in [0.1, 0.15) is 41.0 Å². The molecule has 0 radical (unpaired) electrons. The fourth-order valence-electron chi connectivity index (χ4n) is 2.50. The predicted octanol–water partition coefficient (Wildman–Crippen LogP) is 2.31. The molecule has 5 nitrogen and oxygen atoms in total. The number of guanidine groups is 1. The number of halogens is 1.